The van der Waals surface area contributed by atoms with Gasteiger partial charge in [-0.05, 0) is 30.5 Å². The third-order valence-corrected chi connectivity index (χ3v) is 2.82. The molecule has 78 valence electrons. The van der Waals surface area contributed by atoms with E-state index in [1.54, 1.807) is 0 Å². The first kappa shape index (κ1) is 11.9. The van der Waals surface area contributed by atoms with E-state index < -0.39 is 0 Å². The summed E-state index contributed by atoms with van der Waals surface area (Å²) in [5.41, 5.74) is 1.23. The first-order valence-electron chi connectivity index (χ1n) is 5.11. The molecule has 1 unspecified atom stereocenters. The van der Waals surface area contributed by atoms with Crippen LogP contribution in [0.1, 0.15) is 31.7 Å². The standard InChI is InChI=1S/C12H16Cl2/c1-2-3-6-11(13)8-10-5-4-7-12(14)9-10/h4-5,7,9,11H,2-3,6,8H2,1H3. The van der Waals surface area contributed by atoms with Crippen molar-refractivity contribution in [1.29, 1.82) is 0 Å². The lowest BCUT2D eigenvalue weighted by Gasteiger charge is -2.08. The molecular weight excluding hydrogens is 215 g/mol. The van der Waals surface area contributed by atoms with Crippen LogP contribution in [-0.2, 0) is 6.42 Å². The fraction of sp³-hybridized carbons (Fsp3) is 0.500. The van der Waals surface area contributed by atoms with Crippen molar-refractivity contribution in [3.63, 3.8) is 0 Å². The van der Waals surface area contributed by atoms with Crippen LogP contribution in [0.5, 0.6) is 0 Å². The van der Waals surface area contributed by atoms with Gasteiger partial charge in [0.15, 0.2) is 0 Å². The molecule has 0 aliphatic heterocycles. The summed E-state index contributed by atoms with van der Waals surface area (Å²) < 4.78 is 0. The Kier molecular flexibility index (Phi) is 5.36. The van der Waals surface area contributed by atoms with Gasteiger partial charge in [-0.15, -0.1) is 11.6 Å². The SMILES string of the molecule is CCCCC(Cl)Cc1cccc(Cl)c1. The second-order valence-electron chi connectivity index (χ2n) is 3.57. The van der Waals surface area contributed by atoms with Crippen LogP contribution in [0.4, 0.5) is 0 Å². The van der Waals surface area contributed by atoms with Gasteiger partial charge in [0.25, 0.3) is 0 Å². The van der Waals surface area contributed by atoms with Crippen molar-refractivity contribution in [3.8, 4) is 0 Å². The average molecular weight is 231 g/mol. The van der Waals surface area contributed by atoms with Crippen molar-refractivity contribution in [2.75, 3.05) is 0 Å². The molecule has 0 radical (unpaired) electrons. The quantitative estimate of drug-likeness (QED) is 0.645. The second kappa shape index (κ2) is 6.31. The third-order valence-electron chi connectivity index (χ3n) is 2.22. The molecule has 0 N–H and O–H groups in total. The molecule has 1 aromatic carbocycles. The zero-order valence-electron chi connectivity index (χ0n) is 8.47. The van der Waals surface area contributed by atoms with Gasteiger partial charge in [-0.1, -0.05) is 43.5 Å². The first-order chi connectivity index (χ1) is 6.72. The normalized spacial score (nSPS) is 12.8. The molecule has 1 atom stereocenters. The Morgan fingerprint density at radius 2 is 2.14 bits per heavy atom. The molecular formula is C12H16Cl2. The van der Waals surface area contributed by atoms with E-state index >= 15 is 0 Å². The number of benzene rings is 1. The Morgan fingerprint density at radius 3 is 2.79 bits per heavy atom. The van der Waals surface area contributed by atoms with Gasteiger partial charge in [-0.25, -0.2) is 0 Å². The topological polar surface area (TPSA) is 0 Å². The zero-order chi connectivity index (χ0) is 10.4. The molecule has 2 heteroatoms. The highest BCUT2D eigenvalue weighted by atomic mass is 35.5. The van der Waals surface area contributed by atoms with Gasteiger partial charge in [-0.2, -0.15) is 0 Å². The van der Waals surface area contributed by atoms with Crippen molar-refractivity contribution in [2.45, 2.75) is 38.0 Å². The van der Waals surface area contributed by atoms with Crippen molar-refractivity contribution in [2.24, 2.45) is 0 Å². The maximum Gasteiger partial charge on any atom is 0.0408 e. The highest BCUT2D eigenvalue weighted by Crippen LogP contribution is 2.17. The third kappa shape index (κ3) is 4.34. The highest BCUT2D eigenvalue weighted by molar-refractivity contribution is 6.30. The average Bonchev–Trinajstić information content (AvgIpc) is 2.15. The van der Waals surface area contributed by atoms with Crippen molar-refractivity contribution in [1.82, 2.24) is 0 Å². The minimum Gasteiger partial charge on any atom is -0.123 e. The number of halogens is 2. The molecule has 0 aromatic heterocycles. The lowest BCUT2D eigenvalue weighted by molar-refractivity contribution is 0.674. The van der Waals surface area contributed by atoms with Crippen LogP contribution >= 0.6 is 23.2 Å². The van der Waals surface area contributed by atoms with Crippen LogP contribution in [-0.4, -0.2) is 5.38 Å². The summed E-state index contributed by atoms with van der Waals surface area (Å²) in [5, 5.41) is 1.04. The molecule has 0 nitrogen and oxygen atoms in total. The minimum absolute atomic E-state index is 0.244. The van der Waals surface area contributed by atoms with Gasteiger partial charge < -0.3 is 0 Å². The van der Waals surface area contributed by atoms with E-state index in [2.05, 4.69) is 13.0 Å². The number of alkyl halides is 1. The van der Waals surface area contributed by atoms with Crippen LogP contribution in [0.15, 0.2) is 24.3 Å². The van der Waals surface area contributed by atoms with E-state index in [0.717, 1.165) is 17.9 Å². The van der Waals surface area contributed by atoms with E-state index in [-0.39, 0.29) is 5.38 Å². The van der Waals surface area contributed by atoms with Crippen LogP contribution < -0.4 is 0 Å². The molecule has 0 amide bonds. The lowest BCUT2D eigenvalue weighted by atomic mass is 10.1. The summed E-state index contributed by atoms with van der Waals surface area (Å²) in [6.07, 6.45) is 4.42. The highest BCUT2D eigenvalue weighted by Gasteiger charge is 2.05. The van der Waals surface area contributed by atoms with Gasteiger partial charge >= 0.3 is 0 Å². The molecule has 0 aliphatic carbocycles. The van der Waals surface area contributed by atoms with E-state index in [1.165, 1.54) is 18.4 Å². The van der Waals surface area contributed by atoms with Crippen molar-refractivity contribution in [3.05, 3.63) is 34.9 Å². The second-order valence-corrected chi connectivity index (χ2v) is 4.63. The van der Waals surface area contributed by atoms with Crippen LogP contribution in [0, 0.1) is 0 Å². The fourth-order valence-corrected chi connectivity index (χ4v) is 1.99. The van der Waals surface area contributed by atoms with Crippen molar-refractivity contribution < 1.29 is 0 Å². The summed E-state index contributed by atoms with van der Waals surface area (Å²) in [6.45, 7) is 2.18. The summed E-state index contributed by atoms with van der Waals surface area (Å²) in [7, 11) is 0. The van der Waals surface area contributed by atoms with E-state index in [9.17, 15) is 0 Å². The molecule has 0 bridgehead atoms. The fourth-order valence-electron chi connectivity index (χ4n) is 1.45. The molecule has 0 spiro atoms. The predicted molar refractivity (Wildman–Crippen MR) is 64.3 cm³/mol. The molecule has 0 saturated carbocycles. The number of rotatable bonds is 5. The van der Waals surface area contributed by atoms with E-state index in [4.69, 9.17) is 23.2 Å². The number of hydrogen-bond acceptors (Lipinski definition) is 0. The smallest absolute Gasteiger partial charge is 0.0408 e. The van der Waals surface area contributed by atoms with Gasteiger partial charge in [0.2, 0.25) is 0 Å². The molecule has 0 saturated heterocycles. The Labute approximate surface area is 96.2 Å². The van der Waals surface area contributed by atoms with Crippen LogP contribution in [0.2, 0.25) is 5.02 Å². The maximum absolute atomic E-state index is 6.20. The van der Waals surface area contributed by atoms with E-state index in [1.807, 2.05) is 18.2 Å². The van der Waals surface area contributed by atoms with E-state index in [0.29, 0.717) is 0 Å². The molecule has 1 rings (SSSR count). The monoisotopic (exact) mass is 230 g/mol. The molecule has 0 aliphatic rings. The number of unbranched alkanes of at least 4 members (excludes halogenated alkanes) is 1. The first-order valence-corrected chi connectivity index (χ1v) is 5.92. The summed E-state index contributed by atoms with van der Waals surface area (Å²) in [4.78, 5) is 0. The van der Waals surface area contributed by atoms with Crippen LogP contribution in [0.25, 0.3) is 0 Å². The van der Waals surface area contributed by atoms with Crippen molar-refractivity contribution >= 4 is 23.2 Å². The largest absolute Gasteiger partial charge is 0.123 e. The van der Waals surface area contributed by atoms with Crippen LogP contribution in [0.3, 0.4) is 0 Å². The maximum atomic E-state index is 6.20. The molecule has 14 heavy (non-hydrogen) atoms. The summed E-state index contributed by atoms with van der Waals surface area (Å²) in [6, 6.07) is 7.93. The Hall–Kier alpha value is -0.200. The Bertz CT molecular complexity index is 271. The Morgan fingerprint density at radius 1 is 1.36 bits per heavy atom. The molecule has 1 aromatic rings. The number of hydrogen-bond donors (Lipinski definition) is 0. The Balaban J connectivity index is 2.43. The van der Waals surface area contributed by atoms with Gasteiger partial charge in [0.05, 0.1) is 0 Å². The molecule has 0 heterocycles. The van der Waals surface area contributed by atoms with Gasteiger partial charge in [0, 0.05) is 10.4 Å². The summed E-state index contributed by atoms with van der Waals surface area (Å²) in [5.74, 6) is 0. The summed E-state index contributed by atoms with van der Waals surface area (Å²) >= 11 is 12.1. The van der Waals surface area contributed by atoms with Gasteiger partial charge in [-0.3, -0.25) is 0 Å². The molecule has 0 fully saturated rings. The minimum atomic E-state index is 0.244. The predicted octanol–water partition coefficient (Wildman–Crippen LogP) is 4.68. The van der Waals surface area contributed by atoms with Gasteiger partial charge in [0.1, 0.15) is 0 Å². The lowest BCUT2D eigenvalue weighted by Crippen LogP contribution is -2.02. The zero-order valence-corrected chi connectivity index (χ0v) is 9.98.